The monoisotopic (exact) mass is 482 g/mol. The van der Waals surface area contributed by atoms with Gasteiger partial charge in [-0.15, -0.1) is 0 Å². The Hall–Kier alpha value is -3.03. The first-order valence-corrected chi connectivity index (χ1v) is 12.1. The number of fused-ring (bicyclic) bond motifs is 1. The first-order valence-electron chi connectivity index (χ1n) is 11.7. The first-order chi connectivity index (χ1) is 16.4. The van der Waals surface area contributed by atoms with Crippen molar-refractivity contribution in [1.82, 2.24) is 9.13 Å². The molecule has 0 amide bonds. The van der Waals surface area contributed by atoms with E-state index in [-0.39, 0.29) is 30.6 Å². The van der Waals surface area contributed by atoms with Crippen LogP contribution in [0.15, 0.2) is 58.1 Å². The minimum absolute atomic E-state index is 0.0845. The smallest absolute Gasteiger partial charge is 0.332 e. The molecule has 1 aliphatic heterocycles. The molecule has 0 aliphatic carbocycles. The van der Waals surface area contributed by atoms with E-state index in [1.807, 2.05) is 24.3 Å². The van der Waals surface area contributed by atoms with Gasteiger partial charge in [0.1, 0.15) is 17.7 Å². The van der Waals surface area contributed by atoms with Crippen LogP contribution in [0.3, 0.4) is 0 Å². The van der Waals surface area contributed by atoms with Gasteiger partial charge in [0.25, 0.3) is 5.56 Å². The van der Waals surface area contributed by atoms with E-state index in [0.717, 1.165) is 24.8 Å². The number of aromatic nitrogens is 2. The van der Waals surface area contributed by atoms with E-state index in [1.165, 1.54) is 20.3 Å². The molecule has 3 aromatic rings. The lowest BCUT2D eigenvalue weighted by Gasteiger charge is -2.26. The third-order valence-electron chi connectivity index (χ3n) is 6.44. The number of aliphatic hydroxyl groups excluding tert-OH is 1. The normalized spacial score (nSPS) is 14.8. The SMILES string of the molecule is CCc1ccc(CCC2Nc3c(c(=O)n(CCCO)c(=O)n3C)N2Cc2ccc(Cl)cc2)cc1. The standard InChI is InChI=1S/C26H31ClN4O3/c1-3-18-5-7-19(8-6-18)11-14-22-28-24-23(31(22)17-20-9-12-21(27)13-10-20)25(33)30(15-4-16-32)26(34)29(24)2/h5-10,12-13,22,28,32H,3-4,11,14-17H2,1-2H3. The molecule has 0 saturated carbocycles. The second-order valence-electron chi connectivity index (χ2n) is 8.70. The zero-order chi connectivity index (χ0) is 24.2. The van der Waals surface area contributed by atoms with E-state index >= 15 is 0 Å². The van der Waals surface area contributed by atoms with Gasteiger partial charge in [-0.25, -0.2) is 4.79 Å². The van der Waals surface area contributed by atoms with E-state index in [2.05, 4.69) is 41.4 Å². The number of benzene rings is 2. The summed E-state index contributed by atoms with van der Waals surface area (Å²) >= 11 is 6.07. The lowest BCUT2D eigenvalue weighted by atomic mass is 10.0. The molecule has 1 aromatic heterocycles. The summed E-state index contributed by atoms with van der Waals surface area (Å²) in [6, 6.07) is 16.2. The van der Waals surface area contributed by atoms with Crippen molar-refractivity contribution in [2.24, 2.45) is 7.05 Å². The van der Waals surface area contributed by atoms with E-state index in [4.69, 9.17) is 11.6 Å². The van der Waals surface area contributed by atoms with Crippen molar-refractivity contribution < 1.29 is 5.11 Å². The van der Waals surface area contributed by atoms with Crippen LogP contribution >= 0.6 is 11.6 Å². The molecule has 2 heterocycles. The number of halogens is 1. The number of aliphatic hydroxyl groups is 1. The molecule has 2 aromatic carbocycles. The van der Waals surface area contributed by atoms with Crippen LogP contribution in [0.4, 0.5) is 11.5 Å². The average Bonchev–Trinajstić information content (AvgIpc) is 3.21. The van der Waals surface area contributed by atoms with Crippen molar-refractivity contribution in [3.05, 3.63) is 91.1 Å². The molecule has 1 unspecified atom stereocenters. The number of rotatable bonds is 9. The maximum Gasteiger partial charge on any atom is 0.332 e. The number of anilines is 2. The van der Waals surface area contributed by atoms with Crippen molar-refractivity contribution in [3.63, 3.8) is 0 Å². The van der Waals surface area contributed by atoms with Crippen LogP contribution in [0.25, 0.3) is 0 Å². The minimum atomic E-state index is -0.382. The molecule has 0 bridgehead atoms. The number of aryl methyl sites for hydroxylation is 2. The Morgan fingerprint density at radius 1 is 1.00 bits per heavy atom. The molecule has 2 N–H and O–H groups in total. The summed E-state index contributed by atoms with van der Waals surface area (Å²) < 4.78 is 2.72. The Kier molecular flexibility index (Phi) is 7.44. The fourth-order valence-electron chi connectivity index (χ4n) is 4.44. The molecule has 4 rings (SSSR count). The summed E-state index contributed by atoms with van der Waals surface area (Å²) in [6.07, 6.45) is 2.79. The Labute approximate surface area is 204 Å². The molecule has 0 fully saturated rings. The van der Waals surface area contributed by atoms with Crippen LogP contribution < -0.4 is 21.5 Å². The van der Waals surface area contributed by atoms with Crippen LogP contribution in [0.1, 0.15) is 36.5 Å². The summed E-state index contributed by atoms with van der Waals surface area (Å²) in [5.74, 6) is 0.538. The van der Waals surface area contributed by atoms with Gasteiger partial charge in [0, 0.05) is 31.8 Å². The van der Waals surface area contributed by atoms with Crippen molar-refractivity contribution >= 4 is 23.1 Å². The third kappa shape index (κ3) is 4.91. The topological polar surface area (TPSA) is 79.5 Å². The highest BCUT2D eigenvalue weighted by Gasteiger charge is 2.34. The average molecular weight is 483 g/mol. The van der Waals surface area contributed by atoms with Crippen LogP contribution in [0.2, 0.25) is 5.02 Å². The zero-order valence-corrected chi connectivity index (χ0v) is 20.4. The maximum atomic E-state index is 13.5. The Balaban J connectivity index is 1.68. The summed E-state index contributed by atoms with van der Waals surface area (Å²) in [6.45, 7) is 2.74. The highest BCUT2D eigenvalue weighted by Crippen LogP contribution is 2.33. The van der Waals surface area contributed by atoms with Gasteiger partial charge >= 0.3 is 5.69 Å². The number of hydrogen-bond acceptors (Lipinski definition) is 5. The van der Waals surface area contributed by atoms with Crippen LogP contribution in [-0.4, -0.2) is 27.0 Å². The number of nitrogens with one attached hydrogen (secondary N) is 1. The molecule has 1 atom stereocenters. The second-order valence-corrected chi connectivity index (χ2v) is 9.13. The molecule has 0 spiro atoms. The van der Waals surface area contributed by atoms with Gasteiger partial charge in [0.05, 0.1) is 0 Å². The van der Waals surface area contributed by atoms with Gasteiger partial charge in [0.15, 0.2) is 0 Å². The Bertz CT molecular complexity index is 1250. The Morgan fingerprint density at radius 2 is 1.65 bits per heavy atom. The molecule has 34 heavy (non-hydrogen) atoms. The van der Waals surface area contributed by atoms with Gasteiger partial charge < -0.3 is 15.3 Å². The van der Waals surface area contributed by atoms with E-state index in [9.17, 15) is 14.7 Å². The number of hydrogen-bond donors (Lipinski definition) is 2. The van der Waals surface area contributed by atoms with Crippen molar-refractivity contribution in [2.45, 2.75) is 51.9 Å². The van der Waals surface area contributed by atoms with Gasteiger partial charge in [-0.1, -0.05) is 54.9 Å². The van der Waals surface area contributed by atoms with E-state index in [1.54, 1.807) is 7.05 Å². The summed E-state index contributed by atoms with van der Waals surface area (Å²) in [4.78, 5) is 28.4. The summed E-state index contributed by atoms with van der Waals surface area (Å²) in [5.41, 5.74) is 3.33. The van der Waals surface area contributed by atoms with Gasteiger partial charge in [-0.05, 0) is 54.5 Å². The fourth-order valence-corrected chi connectivity index (χ4v) is 4.57. The summed E-state index contributed by atoms with van der Waals surface area (Å²) in [7, 11) is 1.68. The molecule has 7 nitrogen and oxygen atoms in total. The van der Waals surface area contributed by atoms with Crippen molar-refractivity contribution in [2.75, 3.05) is 16.8 Å². The molecular weight excluding hydrogens is 452 g/mol. The van der Waals surface area contributed by atoms with Gasteiger partial charge in [-0.3, -0.25) is 13.9 Å². The second kappa shape index (κ2) is 10.5. The van der Waals surface area contributed by atoms with Crippen molar-refractivity contribution in [1.29, 1.82) is 0 Å². The highest BCUT2D eigenvalue weighted by molar-refractivity contribution is 6.30. The lowest BCUT2D eigenvalue weighted by molar-refractivity contribution is 0.277. The molecule has 1 aliphatic rings. The quantitative estimate of drug-likeness (QED) is 0.487. The van der Waals surface area contributed by atoms with Crippen LogP contribution in [0, 0.1) is 0 Å². The molecule has 180 valence electrons. The highest BCUT2D eigenvalue weighted by atomic mass is 35.5. The lowest BCUT2D eigenvalue weighted by Crippen LogP contribution is -2.42. The van der Waals surface area contributed by atoms with E-state index < -0.39 is 0 Å². The molecule has 8 heteroatoms. The van der Waals surface area contributed by atoms with Crippen LogP contribution in [0.5, 0.6) is 0 Å². The maximum absolute atomic E-state index is 13.5. The van der Waals surface area contributed by atoms with Gasteiger partial charge in [0.2, 0.25) is 0 Å². The van der Waals surface area contributed by atoms with Crippen LogP contribution in [-0.2, 0) is 33.0 Å². The van der Waals surface area contributed by atoms with Crippen molar-refractivity contribution in [3.8, 4) is 0 Å². The zero-order valence-electron chi connectivity index (χ0n) is 19.6. The fraction of sp³-hybridized carbons (Fsp3) is 0.385. The molecule has 0 radical (unpaired) electrons. The molecule has 0 saturated heterocycles. The summed E-state index contributed by atoms with van der Waals surface area (Å²) in [5, 5.41) is 13.3. The Morgan fingerprint density at radius 3 is 2.29 bits per heavy atom. The van der Waals surface area contributed by atoms with Gasteiger partial charge in [-0.2, -0.15) is 0 Å². The van der Waals surface area contributed by atoms with E-state index in [0.29, 0.717) is 29.5 Å². The number of nitrogens with zero attached hydrogens (tertiary/aromatic N) is 3. The first kappa shape index (κ1) is 24.1. The predicted molar refractivity (Wildman–Crippen MR) is 137 cm³/mol. The predicted octanol–water partition coefficient (Wildman–Crippen LogP) is 3.54. The third-order valence-corrected chi connectivity index (χ3v) is 6.69. The molecular formula is C26H31ClN4O3. The minimum Gasteiger partial charge on any atom is -0.396 e. The largest absolute Gasteiger partial charge is 0.396 e.